The van der Waals surface area contributed by atoms with E-state index in [-0.39, 0.29) is 30.5 Å². The Morgan fingerprint density at radius 2 is 2.10 bits per heavy atom. The number of nitrogens with zero attached hydrogens (tertiary/aromatic N) is 1. The summed E-state index contributed by atoms with van der Waals surface area (Å²) in [5.74, 6) is 0.0391. The molecule has 6 heteroatoms. The number of methoxy groups -OCH3 is 1. The molecule has 0 aliphatic rings. The molecule has 1 atom stereocenters. The van der Waals surface area contributed by atoms with Crippen LogP contribution in [0.15, 0.2) is 24.3 Å². The maximum absolute atomic E-state index is 12.4. The third-order valence-corrected chi connectivity index (χ3v) is 3.42. The van der Waals surface area contributed by atoms with E-state index in [1.807, 2.05) is 43.0 Å². The summed E-state index contributed by atoms with van der Waals surface area (Å²) < 4.78 is 5.18. The van der Waals surface area contributed by atoms with Gasteiger partial charge >= 0.3 is 0 Å². The fourth-order valence-electron chi connectivity index (χ4n) is 1.97. The van der Waals surface area contributed by atoms with Gasteiger partial charge in [-0.15, -0.1) is 12.4 Å². The summed E-state index contributed by atoms with van der Waals surface area (Å²) in [7, 11) is 1.57. The highest BCUT2D eigenvalue weighted by atomic mass is 35.5. The molecule has 2 N–H and O–H groups in total. The number of amides is 1. The highest BCUT2D eigenvalue weighted by Gasteiger charge is 2.20. The lowest BCUT2D eigenvalue weighted by Gasteiger charge is -2.28. The number of hydrogen-bond donors (Lipinski definition) is 1. The van der Waals surface area contributed by atoms with E-state index >= 15 is 0 Å². The second-order valence-corrected chi connectivity index (χ2v) is 5.48. The standard InChI is InChI=1S/C15H23ClN2O2.ClH/c1-11(2)18(15(19)8-14(9-17)20-3)10-12-5-4-6-13(16)7-12;/h4-7,11,14H,8-10,17H2,1-3H3;1H. The summed E-state index contributed by atoms with van der Waals surface area (Å²) in [4.78, 5) is 14.2. The highest BCUT2D eigenvalue weighted by molar-refractivity contribution is 6.30. The molecule has 1 unspecified atom stereocenters. The zero-order chi connectivity index (χ0) is 15.1. The monoisotopic (exact) mass is 334 g/mol. The topological polar surface area (TPSA) is 55.6 Å². The zero-order valence-electron chi connectivity index (χ0n) is 12.7. The quantitative estimate of drug-likeness (QED) is 0.834. The van der Waals surface area contributed by atoms with Crippen LogP contribution < -0.4 is 5.73 Å². The van der Waals surface area contributed by atoms with Crippen molar-refractivity contribution in [2.45, 2.75) is 39.0 Å². The van der Waals surface area contributed by atoms with Crippen LogP contribution in [-0.2, 0) is 16.1 Å². The van der Waals surface area contributed by atoms with Crippen molar-refractivity contribution < 1.29 is 9.53 Å². The minimum atomic E-state index is -0.233. The van der Waals surface area contributed by atoms with Gasteiger partial charge in [0.15, 0.2) is 0 Å². The Hall–Kier alpha value is -0.810. The molecular formula is C15H24Cl2N2O2. The predicted molar refractivity (Wildman–Crippen MR) is 88.9 cm³/mol. The summed E-state index contributed by atoms with van der Waals surface area (Å²) in [6.07, 6.45) is 0.0641. The molecule has 1 aromatic rings. The van der Waals surface area contributed by atoms with Gasteiger partial charge in [-0.2, -0.15) is 0 Å². The van der Waals surface area contributed by atoms with E-state index < -0.39 is 0 Å². The number of benzene rings is 1. The molecule has 1 aromatic carbocycles. The fraction of sp³-hybridized carbons (Fsp3) is 0.533. The molecule has 0 aliphatic heterocycles. The van der Waals surface area contributed by atoms with Gasteiger partial charge in [0, 0.05) is 31.3 Å². The van der Waals surface area contributed by atoms with Gasteiger partial charge in [-0.1, -0.05) is 23.7 Å². The normalized spacial score (nSPS) is 11.9. The maximum Gasteiger partial charge on any atom is 0.225 e. The third-order valence-electron chi connectivity index (χ3n) is 3.18. The predicted octanol–water partition coefficient (Wildman–Crippen LogP) is 2.86. The smallest absolute Gasteiger partial charge is 0.225 e. The summed E-state index contributed by atoms with van der Waals surface area (Å²) in [6.45, 7) is 4.86. The Bertz CT molecular complexity index is 437. The molecular weight excluding hydrogens is 311 g/mol. The molecule has 0 heterocycles. The lowest BCUT2D eigenvalue weighted by atomic mass is 10.1. The molecule has 0 saturated carbocycles. The molecule has 1 amide bonds. The molecule has 0 aromatic heterocycles. The van der Waals surface area contributed by atoms with E-state index in [2.05, 4.69) is 0 Å². The van der Waals surface area contributed by atoms with Crippen LogP contribution in [0.2, 0.25) is 5.02 Å². The van der Waals surface area contributed by atoms with Gasteiger partial charge in [0.1, 0.15) is 0 Å². The first-order chi connectivity index (χ1) is 9.47. The minimum absolute atomic E-state index is 0. The van der Waals surface area contributed by atoms with Crippen LogP contribution in [0.1, 0.15) is 25.8 Å². The Morgan fingerprint density at radius 1 is 1.43 bits per heavy atom. The number of rotatable bonds is 7. The molecule has 0 aliphatic carbocycles. The molecule has 0 fully saturated rings. The van der Waals surface area contributed by atoms with Crippen LogP contribution >= 0.6 is 24.0 Å². The number of carbonyl (C=O) groups is 1. The number of halogens is 2. The third kappa shape index (κ3) is 6.66. The Labute approximate surface area is 138 Å². The van der Waals surface area contributed by atoms with E-state index in [1.54, 1.807) is 7.11 Å². The summed E-state index contributed by atoms with van der Waals surface area (Å²) in [6, 6.07) is 7.66. The molecule has 120 valence electrons. The van der Waals surface area contributed by atoms with Gasteiger partial charge in [-0.05, 0) is 31.5 Å². The van der Waals surface area contributed by atoms with Crippen LogP contribution in [0, 0.1) is 0 Å². The average molecular weight is 335 g/mol. The van der Waals surface area contributed by atoms with Crippen molar-refractivity contribution in [2.75, 3.05) is 13.7 Å². The van der Waals surface area contributed by atoms with E-state index in [0.29, 0.717) is 24.5 Å². The van der Waals surface area contributed by atoms with Crippen LogP contribution in [0.25, 0.3) is 0 Å². The zero-order valence-corrected chi connectivity index (χ0v) is 14.3. The van der Waals surface area contributed by atoms with Crippen molar-refractivity contribution in [1.29, 1.82) is 0 Å². The molecule has 21 heavy (non-hydrogen) atoms. The Balaban J connectivity index is 0.00000400. The van der Waals surface area contributed by atoms with Crippen molar-refractivity contribution in [3.8, 4) is 0 Å². The number of nitrogens with two attached hydrogens (primary N) is 1. The van der Waals surface area contributed by atoms with Crippen molar-refractivity contribution in [3.63, 3.8) is 0 Å². The SMILES string of the molecule is COC(CN)CC(=O)N(Cc1cccc(Cl)c1)C(C)C.Cl. The van der Waals surface area contributed by atoms with Gasteiger partial charge in [0.2, 0.25) is 5.91 Å². The van der Waals surface area contributed by atoms with Gasteiger partial charge in [0.05, 0.1) is 12.5 Å². The largest absolute Gasteiger partial charge is 0.380 e. The Morgan fingerprint density at radius 3 is 2.57 bits per heavy atom. The number of hydrogen-bond acceptors (Lipinski definition) is 3. The first-order valence-electron chi connectivity index (χ1n) is 6.74. The van der Waals surface area contributed by atoms with Gasteiger partial charge in [0.25, 0.3) is 0 Å². The summed E-state index contributed by atoms with van der Waals surface area (Å²) in [5, 5.41) is 0.676. The molecule has 4 nitrogen and oxygen atoms in total. The molecule has 0 bridgehead atoms. The van der Waals surface area contributed by atoms with Gasteiger partial charge in [-0.25, -0.2) is 0 Å². The van der Waals surface area contributed by atoms with Crippen molar-refractivity contribution >= 4 is 29.9 Å². The van der Waals surface area contributed by atoms with E-state index in [9.17, 15) is 4.79 Å². The van der Waals surface area contributed by atoms with E-state index in [4.69, 9.17) is 22.1 Å². The van der Waals surface area contributed by atoms with Crippen molar-refractivity contribution in [3.05, 3.63) is 34.9 Å². The Kier molecular flexibility index (Phi) is 9.62. The maximum atomic E-state index is 12.4. The number of carbonyl (C=O) groups excluding carboxylic acids is 1. The summed E-state index contributed by atoms with van der Waals surface area (Å²) in [5.41, 5.74) is 6.58. The van der Waals surface area contributed by atoms with E-state index in [0.717, 1.165) is 5.56 Å². The van der Waals surface area contributed by atoms with Crippen LogP contribution in [0.4, 0.5) is 0 Å². The van der Waals surface area contributed by atoms with Gasteiger partial charge in [-0.3, -0.25) is 4.79 Å². The molecule has 1 rings (SSSR count). The first kappa shape index (κ1) is 20.2. The molecule has 0 spiro atoms. The highest BCUT2D eigenvalue weighted by Crippen LogP contribution is 2.15. The van der Waals surface area contributed by atoms with Crippen LogP contribution in [-0.4, -0.2) is 36.6 Å². The average Bonchev–Trinajstić information content (AvgIpc) is 2.41. The van der Waals surface area contributed by atoms with Crippen LogP contribution in [0.3, 0.4) is 0 Å². The van der Waals surface area contributed by atoms with E-state index in [1.165, 1.54) is 0 Å². The molecule has 0 radical (unpaired) electrons. The van der Waals surface area contributed by atoms with Crippen LogP contribution in [0.5, 0.6) is 0 Å². The van der Waals surface area contributed by atoms with Crippen molar-refractivity contribution in [2.24, 2.45) is 5.73 Å². The van der Waals surface area contributed by atoms with Gasteiger partial charge < -0.3 is 15.4 Å². The first-order valence-corrected chi connectivity index (χ1v) is 7.12. The number of ether oxygens (including phenoxy) is 1. The molecule has 0 saturated heterocycles. The van der Waals surface area contributed by atoms with Crippen molar-refractivity contribution in [1.82, 2.24) is 4.90 Å². The summed E-state index contributed by atoms with van der Waals surface area (Å²) >= 11 is 5.98. The lowest BCUT2D eigenvalue weighted by molar-refractivity contribution is -0.136. The second kappa shape index (κ2) is 10.0. The second-order valence-electron chi connectivity index (χ2n) is 5.04. The minimum Gasteiger partial charge on any atom is -0.380 e. The fourth-order valence-corrected chi connectivity index (χ4v) is 2.18. The lowest BCUT2D eigenvalue weighted by Crippen LogP contribution is -2.39.